The minimum atomic E-state index is 0.556. The molecule has 1 saturated heterocycles. The van der Waals surface area contributed by atoms with Gasteiger partial charge in [0.05, 0.1) is 0 Å². The molecule has 16 heavy (non-hydrogen) atoms. The fourth-order valence-electron chi connectivity index (χ4n) is 2.33. The Balaban J connectivity index is 1.61. The molecule has 1 fully saturated rings. The van der Waals surface area contributed by atoms with E-state index in [0.717, 1.165) is 18.9 Å². The van der Waals surface area contributed by atoms with Gasteiger partial charge in [0.1, 0.15) is 12.4 Å². The first kappa shape index (κ1) is 10.5. The number of benzene rings is 1. The summed E-state index contributed by atoms with van der Waals surface area (Å²) in [7, 11) is 0. The van der Waals surface area contributed by atoms with Crippen molar-refractivity contribution >= 4 is 11.8 Å². The highest BCUT2D eigenvalue weighted by molar-refractivity contribution is 7.99. The van der Waals surface area contributed by atoms with Crippen LogP contribution < -0.4 is 10.1 Å². The molecule has 3 heteroatoms. The van der Waals surface area contributed by atoms with Crippen LogP contribution in [-0.2, 0) is 6.42 Å². The summed E-state index contributed by atoms with van der Waals surface area (Å²) in [6, 6.07) is 7.08. The maximum Gasteiger partial charge on any atom is 0.120 e. The Hall–Kier alpha value is -0.670. The topological polar surface area (TPSA) is 21.3 Å². The van der Waals surface area contributed by atoms with E-state index in [1.807, 2.05) is 11.8 Å². The maximum absolute atomic E-state index is 5.84. The Morgan fingerprint density at radius 2 is 2.44 bits per heavy atom. The van der Waals surface area contributed by atoms with Crippen LogP contribution in [-0.4, -0.2) is 24.9 Å². The molecular weight excluding hydrogens is 218 g/mol. The zero-order chi connectivity index (χ0) is 10.8. The highest BCUT2D eigenvalue weighted by atomic mass is 32.2. The van der Waals surface area contributed by atoms with Gasteiger partial charge < -0.3 is 10.1 Å². The van der Waals surface area contributed by atoms with E-state index in [2.05, 4.69) is 23.5 Å². The molecule has 0 aliphatic carbocycles. The van der Waals surface area contributed by atoms with Crippen LogP contribution in [0.2, 0.25) is 0 Å². The molecule has 0 amide bonds. The summed E-state index contributed by atoms with van der Waals surface area (Å²) < 4.78 is 5.84. The minimum Gasteiger partial charge on any atom is -0.492 e. The highest BCUT2D eigenvalue weighted by Gasteiger charge is 2.15. The Labute approximate surface area is 101 Å². The van der Waals surface area contributed by atoms with E-state index in [9.17, 15) is 0 Å². The SMILES string of the molecule is c1cc2c(cc1OCC1CCCN1)SCC2. The molecule has 0 radical (unpaired) electrons. The molecule has 0 aromatic heterocycles. The van der Waals surface area contributed by atoms with E-state index in [-0.39, 0.29) is 0 Å². The second-order valence-corrected chi connectivity index (χ2v) is 5.61. The number of hydrogen-bond donors (Lipinski definition) is 1. The van der Waals surface area contributed by atoms with Gasteiger partial charge in [0, 0.05) is 16.7 Å². The fourth-order valence-corrected chi connectivity index (χ4v) is 3.43. The zero-order valence-corrected chi connectivity index (χ0v) is 10.2. The van der Waals surface area contributed by atoms with E-state index in [4.69, 9.17) is 4.74 Å². The molecule has 2 nitrogen and oxygen atoms in total. The summed E-state index contributed by atoms with van der Waals surface area (Å²) in [4.78, 5) is 1.41. The molecule has 3 rings (SSSR count). The quantitative estimate of drug-likeness (QED) is 0.869. The van der Waals surface area contributed by atoms with Gasteiger partial charge in [-0.2, -0.15) is 0 Å². The molecule has 2 aliphatic rings. The van der Waals surface area contributed by atoms with Gasteiger partial charge in [-0.25, -0.2) is 0 Å². The standard InChI is InChI=1S/C13H17NOS/c1-2-11(14-6-1)9-15-12-4-3-10-5-7-16-13(10)8-12/h3-4,8,11,14H,1-2,5-7,9H2. The van der Waals surface area contributed by atoms with E-state index in [1.54, 1.807) is 0 Å². The lowest BCUT2D eigenvalue weighted by Gasteiger charge is -2.12. The number of aryl methyl sites for hydroxylation is 1. The normalized spacial score (nSPS) is 23.4. The number of hydrogen-bond acceptors (Lipinski definition) is 3. The van der Waals surface area contributed by atoms with Gasteiger partial charge >= 0.3 is 0 Å². The van der Waals surface area contributed by atoms with Crippen molar-refractivity contribution in [3.05, 3.63) is 23.8 Å². The molecular formula is C13H17NOS. The molecule has 1 unspecified atom stereocenters. The lowest BCUT2D eigenvalue weighted by atomic mass is 10.2. The molecule has 0 bridgehead atoms. The number of ether oxygens (including phenoxy) is 1. The van der Waals surface area contributed by atoms with Crippen molar-refractivity contribution in [2.75, 3.05) is 18.9 Å². The van der Waals surface area contributed by atoms with E-state index in [1.165, 1.54) is 35.5 Å². The summed E-state index contributed by atoms with van der Waals surface area (Å²) in [6.07, 6.45) is 3.75. The first-order valence-electron chi connectivity index (χ1n) is 6.04. The summed E-state index contributed by atoms with van der Waals surface area (Å²) in [6.45, 7) is 1.96. The van der Waals surface area contributed by atoms with Crippen LogP contribution in [0, 0.1) is 0 Å². The largest absolute Gasteiger partial charge is 0.492 e. The average Bonchev–Trinajstić information content (AvgIpc) is 2.97. The lowest BCUT2D eigenvalue weighted by molar-refractivity contribution is 0.276. The average molecular weight is 235 g/mol. The molecule has 1 aromatic carbocycles. The molecule has 0 spiro atoms. The smallest absolute Gasteiger partial charge is 0.120 e. The van der Waals surface area contributed by atoms with Crippen LogP contribution in [0.5, 0.6) is 5.75 Å². The second kappa shape index (κ2) is 4.68. The second-order valence-electron chi connectivity index (χ2n) is 4.47. The minimum absolute atomic E-state index is 0.556. The van der Waals surface area contributed by atoms with Gasteiger partial charge in [0.2, 0.25) is 0 Å². The summed E-state index contributed by atoms with van der Waals surface area (Å²) in [5.41, 5.74) is 1.48. The number of thioether (sulfide) groups is 1. The van der Waals surface area contributed by atoms with Gasteiger partial charge in [0.25, 0.3) is 0 Å². The Bertz CT molecular complexity index is 374. The van der Waals surface area contributed by atoms with Crippen molar-refractivity contribution in [3.63, 3.8) is 0 Å². The molecule has 2 aliphatic heterocycles. The van der Waals surface area contributed by atoms with Crippen molar-refractivity contribution < 1.29 is 4.74 Å². The van der Waals surface area contributed by atoms with Crippen molar-refractivity contribution in [2.45, 2.75) is 30.2 Å². The highest BCUT2D eigenvalue weighted by Crippen LogP contribution is 2.33. The zero-order valence-electron chi connectivity index (χ0n) is 9.37. The van der Waals surface area contributed by atoms with E-state index >= 15 is 0 Å². The monoisotopic (exact) mass is 235 g/mol. The molecule has 1 aromatic rings. The molecule has 86 valence electrons. The van der Waals surface area contributed by atoms with Gasteiger partial charge in [-0.05, 0) is 43.5 Å². The number of fused-ring (bicyclic) bond motifs is 1. The summed E-state index contributed by atoms with van der Waals surface area (Å²) in [5, 5.41) is 3.45. The van der Waals surface area contributed by atoms with Gasteiger partial charge in [-0.3, -0.25) is 0 Å². The van der Waals surface area contributed by atoms with Crippen molar-refractivity contribution in [3.8, 4) is 5.75 Å². The van der Waals surface area contributed by atoms with Crippen molar-refractivity contribution in [1.82, 2.24) is 5.32 Å². The van der Waals surface area contributed by atoms with Gasteiger partial charge in [-0.15, -0.1) is 11.8 Å². The summed E-state index contributed by atoms with van der Waals surface area (Å²) >= 11 is 1.94. The Kier molecular flexibility index (Phi) is 3.06. The molecule has 1 atom stereocenters. The van der Waals surface area contributed by atoms with Crippen molar-refractivity contribution in [2.24, 2.45) is 0 Å². The molecule has 2 heterocycles. The van der Waals surface area contributed by atoms with Gasteiger partial charge in [0.15, 0.2) is 0 Å². The van der Waals surface area contributed by atoms with Crippen molar-refractivity contribution in [1.29, 1.82) is 0 Å². The third kappa shape index (κ3) is 2.20. The number of nitrogens with one attached hydrogen (secondary N) is 1. The lowest BCUT2D eigenvalue weighted by Crippen LogP contribution is -2.28. The fraction of sp³-hybridized carbons (Fsp3) is 0.538. The van der Waals surface area contributed by atoms with Crippen LogP contribution in [0.25, 0.3) is 0 Å². The Morgan fingerprint density at radius 1 is 1.44 bits per heavy atom. The van der Waals surface area contributed by atoms with Gasteiger partial charge in [-0.1, -0.05) is 6.07 Å². The van der Waals surface area contributed by atoms with Crippen LogP contribution >= 0.6 is 11.8 Å². The third-order valence-electron chi connectivity index (χ3n) is 3.28. The first-order valence-corrected chi connectivity index (χ1v) is 7.02. The molecule has 0 saturated carbocycles. The van der Waals surface area contributed by atoms with Crippen LogP contribution in [0.15, 0.2) is 23.1 Å². The van der Waals surface area contributed by atoms with Crippen LogP contribution in [0.1, 0.15) is 18.4 Å². The Morgan fingerprint density at radius 3 is 3.31 bits per heavy atom. The third-order valence-corrected chi connectivity index (χ3v) is 4.38. The van der Waals surface area contributed by atoms with Crippen LogP contribution in [0.3, 0.4) is 0 Å². The maximum atomic E-state index is 5.84. The first-order chi connectivity index (χ1) is 7.92. The predicted octanol–water partition coefficient (Wildman–Crippen LogP) is 2.47. The van der Waals surface area contributed by atoms with E-state index in [0.29, 0.717) is 6.04 Å². The summed E-state index contributed by atoms with van der Waals surface area (Å²) in [5.74, 6) is 2.25. The van der Waals surface area contributed by atoms with Crippen LogP contribution in [0.4, 0.5) is 0 Å². The number of rotatable bonds is 3. The predicted molar refractivity (Wildman–Crippen MR) is 67.4 cm³/mol. The molecule has 1 N–H and O–H groups in total. The van der Waals surface area contributed by atoms with E-state index < -0.39 is 0 Å².